The Morgan fingerprint density at radius 3 is 2.24 bits per heavy atom. The molecule has 2 amide bonds. The predicted molar refractivity (Wildman–Crippen MR) is 112 cm³/mol. The lowest BCUT2D eigenvalue weighted by Crippen LogP contribution is -2.54. The van der Waals surface area contributed by atoms with Gasteiger partial charge in [-0.2, -0.15) is 11.8 Å². The molecule has 0 aliphatic heterocycles. The number of ether oxygens (including phenoxy) is 2. The molecule has 0 radical (unpaired) electrons. The van der Waals surface area contributed by atoms with Gasteiger partial charge in [-0.15, -0.1) is 0 Å². The van der Waals surface area contributed by atoms with Crippen LogP contribution in [0.4, 0.5) is 4.79 Å². The SMILES string of the molecule is COC(=O)[C@H](CO)NC(=O)[C@H](CSCc1ccc(C)cc1)NC(=O)OC(C)(C)C. The van der Waals surface area contributed by atoms with Crippen LogP contribution in [0.3, 0.4) is 0 Å². The normalized spacial score (nSPS) is 13.2. The average Bonchev–Trinajstić information content (AvgIpc) is 2.64. The van der Waals surface area contributed by atoms with E-state index >= 15 is 0 Å². The molecule has 0 spiro atoms. The van der Waals surface area contributed by atoms with Crippen LogP contribution in [0.2, 0.25) is 0 Å². The predicted octanol–water partition coefficient (Wildman–Crippen LogP) is 1.77. The van der Waals surface area contributed by atoms with E-state index in [0.29, 0.717) is 5.75 Å². The summed E-state index contributed by atoms with van der Waals surface area (Å²) in [6, 6.07) is 5.83. The second-order valence-electron chi connectivity index (χ2n) is 7.47. The second kappa shape index (κ2) is 11.7. The molecule has 8 nitrogen and oxygen atoms in total. The summed E-state index contributed by atoms with van der Waals surface area (Å²) in [5.41, 5.74) is 1.51. The number of aryl methyl sites for hydroxylation is 1. The summed E-state index contributed by atoms with van der Waals surface area (Å²) in [6.45, 7) is 6.53. The molecule has 9 heteroatoms. The number of aliphatic hydroxyl groups is 1. The summed E-state index contributed by atoms with van der Waals surface area (Å²) >= 11 is 1.45. The molecular formula is C20H30N2O6S. The van der Waals surface area contributed by atoms with Crippen molar-refractivity contribution in [2.75, 3.05) is 19.5 Å². The number of carbonyl (C=O) groups is 3. The zero-order valence-electron chi connectivity index (χ0n) is 17.5. The maximum absolute atomic E-state index is 12.6. The first-order valence-electron chi connectivity index (χ1n) is 9.17. The van der Waals surface area contributed by atoms with Crippen molar-refractivity contribution in [3.8, 4) is 0 Å². The highest BCUT2D eigenvalue weighted by atomic mass is 32.2. The topological polar surface area (TPSA) is 114 Å². The molecule has 29 heavy (non-hydrogen) atoms. The fraction of sp³-hybridized carbons (Fsp3) is 0.550. The minimum Gasteiger partial charge on any atom is -0.467 e. The number of hydrogen-bond acceptors (Lipinski definition) is 7. The summed E-state index contributed by atoms with van der Waals surface area (Å²) in [4.78, 5) is 36.4. The molecule has 0 bridgehead atoms. The number of benzene rings is 1. The van der Waals surface area contributed by atoms with Gasteiger partial charge in [-0.1, -0.05) is 29.8 Å². The fourth-order valence-electron chi connectivity index (χ4n) is 2.21. The number of rotatable bonds is 9. The molecule has 2 atom stereocenters. The van der Waals surface area contributed by atoms with Crippen LogP contribution in [0.1, 0.15) is 31.9 Å². The first kappa shape index (κ1) is 24.8. The second-order valence-corrected chi connectivity index (χ2v) is 8.50. The quantitative estimate of drug-likeness (QED) is 0.516. The van der Waals surface area contributed by atoms with E-state index in [1.165, 1.54) is 11.8 Å². The number of aliphatic hydroxyl groups excluding tert-OH is 1. The van der Waals surface area contributed by atoms with Crippen molar-refractivity contribution in [2.24, 2.45) is 0 Å². The highest BCUT2D eigenvalue weighted by Gasteiger charge is 2.28. The molecule has 0 saturated carbocycles. The number of carbonyl (C=O) groups excluding carboxylic acids is 3. The number of esters is 1. The summed E-state index contributed by atoms with van der Waals surface area (Å²) in [7, 11) is 1.16. The number of thioether (sulfide) groups is 1. The lowest BCUT2D eigenvalue weighted by Gasteiger charge is -2.24. The fourth-order valence-corrected chi connectivity index (χ4v) is 3.22. The van der Waals surface area contributed by atoms with Crippen molar-refractivity contribution in [3.63, 3.8) is 0 Å². The van der Waals surface area contributed by atoms with Gasteiger partial charge in [0.2, 0.25) is 5.91 Å². The van der Waals surface area contributed by atoms with E-state index in [4.69, 9.17) is 4.74 Å². The van der Waals surface area contributed by atoms with E-state index in [-0.39, 0.29) is 5.75 Å². The van der Waals surface area contributed by atoms with Crippen LogP contribution in [0, 0.1) is 6.92 Å². The van der Waals surface area contributed by atoms with Crippen LogP contribution in [0.25, 0.3) is 0 Å². The van der Waals surface area contributed by atoms with Crippen LogP contribution in [0.5, 0.6) is 0 Å². The van der Waals surface area contributed by atoms with E-state index in [1.54, 1.807) is 20.8 Å². The summed E-state index contributed by atoms with van der Waals surface area (Å²) in [5, 5.41) is 14.2. The lowest BCUT2D eigenvalue weighted by molar-refractivity contribution is -0.146. The zero-order valence-corrected chi connectivity index (χ0v) is 18.3. The van der Waals surface area contributed by atoms with Gasteiger partial charge in [-0.25, -0.2) is 9.59 Å². The van der Waals surface area contributed by atoms with Crippen LogP contribution in [0.15, 0.2) is 24.3 Å². The van der Waals surface area contributed by atoms with Gasteiger partial charge in [0.05, 0.1) is 13.7 Å². The molecule has 162 valence electrons. The van der Waals surface area contributed by atoms with Crippen molar-refractivity contribution in [1.29, 1.82) is 0 Å². The van der Waals surface area contributed by atoms with E-state index in [1.807, 2.05) is 31.2 Å². The van der Waals surface area contributed by atoms with Crippen LogP contribution in [-0.4, -0.2) is 60.2 Å². The summed E-state index contributed by atoms with van der Waals surface area (Å²) in [6.07, 6.45) is -0.743. The van der Waals surface area contributed by atoms with Crippen molar-refractivity contribution >= 4 is 29.7 Å². The Morgan fingerprint density at radius 1 is 1.10 bits per heavy atom. The number of hydrogen-bond donors (Lipinski definition) is 3. The third-order valence-corrected chi connectivity index (χ3v) is 4.77. The highest BCUT2D eigenvalue weighted by molar-refractivity contribution is 7.98. The molecule has 0 fully saturated rings. The van der Waals surface area contributed by atoms with Crippen molar-refractivity contribution < 1.29 is 29.0 Å². The average molecular weight is 427 g/mol. The van der Waals surface area contributed by atoms with Crippen LogP contribution >= 0.6 is 11.8 Å². The number of amides is 2. The Hall–Kier alpha value is -2.26. The Morgan fingerprint density at radius 2 is 1.72 bits per heavy atom. The van der Waals surface area contributed by atoms with Crippen molar-refractivity contribution in [3.05, 3.63) is 35.4 Å². The van der Waals surface area contributed by atoms with Gasteiger partial charge in [0.25, 0.3) is 0 Å². The third-order valence-electron chi connectivity index (χ3n) is 3.67. The highest BCUT2D eigenvalue weighted by Crippen LogP contribution is 2.15. The van der Waals surface area contributed by atoms with E-state index in [2.05, 4.69) is 15.4 Å². The first-order valence-corrected chi connectivity index (χ1v) is 10.3. The molecule has 1 aromatic carbocycles. The van der Waals surface area contributed by atoms with Crippen LogP contribution in [-0.2, 0) is 24.8 Å². The Bertz CT molecular complexity index is 687. The largest absolute Gasteiger partial charge is 0.467 e. The smallest absolute Gasteiger partial charge is 0.408 e. The molecule has 1 aromatic rings. The molecule has 0 saturated heterocycles. The monoisotopic (exact) mass is 426 g/mol. The van der Waals surface area contributed by atoms with Gasteiger partial charge in [-0.3, -0.25) is 4.79 Å². The Kier molecular flexibility index (Phi) is 9.97. The Balaban J connectivity index is 2.77. The van der Waals surface area contributed by atoms with Gasteiger partial charge in [0.1, 0.15) is 11.6 Å². The summed E-state index contributed by atoms with van der Waals surface area (Å²) < 4.78 is 9.76. The molecule has 1 rings (SSSR count). The van der Waals surface area contributed by atoms with E-state index in [9.17, 15) is 19.5 Å². The van der Waals surface area contributed by atoms with Gasteiger partial charge >= 0.3 is 12.1 Å². The van der Waals surface area contributed by atoms with Gasteiger partial charge < -0.3 is 25.2 Å². The number of methoxy groups -OCH3 is 1. The van der Waals surface area contributed by atoms with Crippen LogP contribution < -0.4 is 10.6 Å². The molecule has 0 heterocycles. The van der Waals surface area contributed by atoms with E-state index in [0.717, 1.165) is 18.2 Å². The molecule has 3 N–H and O–H groups in total. The minimum atomic E-state index is -1.21. The van der Waals surface area contributed by atoms with E-state index < -0.39 is 42.3 Å². The minimum absolute atomic E-state index is 0.248. The molecule has 0 aliphatic carbocycles. The van der Waals surface area contributed by atoms with Gasteiger partial charge in [0.15, 0.2) is 6.04 Å². The molecular weight excluding hydrogens is 396 g/mol. The van der Waals surface area contributed by atoms with Crippen molar-refractivity contribution in [1.82, 2.24) is 10.6 Å². The Labute approximate surface area is 175 Å². The molecule has 0 unspecified atom stereocenters. The summed E-state index contributed by atoms with van der Waals surface area (Å²) in [5.74, 6) is -0.500. The number of alkyl carbamates (subject to hydrolysis) is 1. The number of nitrogens with one attached hydrogen (secondary N) is 2. The third kappa shape index (κ3) is 9.67. The molecule has 0 aromatic heterocycles. The van der Waals surface area contributed by atoms with Gasteiger partial charge in [-0.05, 0) is 33.3 Å². The lowest BCUT2D eigenvalue weighted by atomic mass is 10.2. The standard InChI is InChI=1S/C20H30N2O6S/c1-13-6-8-14(9-7-13)11-29-12-16(22-19(26)28-20(2,3)4)17(24)21-15(10-23)18(25)27-5/h6-9,15-16,23H,10-12H2,1-5H3,(H,21,24)(H,22,26)/t15-,16-/m0/s1. The van der Waals surface area contributed by atoms with Gasteiger partial charge in [0, 0.05) is 11.5 Å². The maximum atomic E-state index is 12.6. The first-order chi connectivity index (χ1) is 13.6. The maximum Gasteiger partial charge on any atom is 0.408 e. The molecule has 0 aliphatic rings. The van der Waals surface area contributed by atoms with Crippen molar-refractivity contribution in [2.45, 2.75) is 51.1 Å². The zero-order chi connectivity index (χ0) is 22.0.